The van der Waals surface area contributed by atoms with Crippen molar-refractivity contribution in [3.63, 3.8) is 0 Å². The lowest BCUT2D eigenvalue weighted by atomic mass is 9.90. The normalized spacial score (nSPS) is 14.6. The van der Waals surface area contributed by atoms with E-state index in [4.69, 9.17) is 0 Å². The summed E-state index contributed by atoms with van der Waals surface area (Å²) < 4.78 is 0. The molecule has 1 aromatic heterocycles. The Balaban J connectivity index is 1.21. The third-order valence-corrected chi connectivity index (χ3v) is 6.78. The number of nitrogens with zero attached hydrogens (tertiary/aromatic N) is 2. The van der Waals surface area contributed by atoms with Gasteiger partial charge in [0.2, 0.25) is 0 Å². The Kier molecular flexibility index (Phi) is 5.67. The van der Waals surface area contributed by atoms with Crippen LogP contribution in [-0.2, 0) is 6.42 Å². The van der Waals surface area contributed by atoms with E-state index in [9.17, 15) is 4.79 Å². The van der Waals surface area contributed by atoms with E-state index in [2.05, 4.69) is 58.8 Å². The van der Waals surface area contributed by atoms with Crippen LogP contribution in [0.5, 0.6) is 0 Å². The maximum Gasteiger partial charge on any atom is 0.273 e. The van der Waals surface area contributed by atoms with E-state index in [-0.39, 0.29) is 5.91 Å². The van der Waals surface area contributed by atoms with Crippen LogP contribution in [0.25, 0.3) is 10.8 Å². The molecule has 3 aromatic carbocycles. The van der Waals surface area contributed by atoms with Gasteiger partial charge in [-0.15, -0.1) is 11.3 Å². The second-order valence-corrected chi connectivity index (χ2v) is 8.97. The van der Waals surface area contributed by atoms with Crippen molar-refractivity contribution in [1.29, 1.82) is 0 Å². The Bertz CT molecular complexity index is 1170. The number of anilines is 2. The third-order valence-electron chi connectivity index (χ3n) is 6.02. The highest BCUT2D eigenvalue weighted by atomic mass is 32.1. The lowest BCUT2D eigenvalue weighted by Gasteiger charge is -2.31. The summed E-state index contributed by atoms with van der Waals surface area (Å²) in [5.41, 5.74) is 2.93. The van der Waals surface area contributed by atoms with Crippen molar-refractivity contribution in [3.8, 4) is 0 Å². The summed E-state index contributed by atoms with van der Waals surface area (Å²) in [5.74, 6) is 0.686. The van der Waals surface area contributed by atoms with Crippen molar-refractivity contribution in [2.75, 3.05) is 18.4 Å². The molecule has 0 aliphatic carbocycles. The van der Waals surface area contributed by atoms with Crippen LogP contribution >= 0.6 is 11.3 Å². The number of piperidine rings is 1. The molecule has 5 rings (SSSR count). The van der Waals surface area contributed by atoms with Crippen molar-refractivity contribution in [3.05, 3.63) is 89.4 Å². The summed E-state index contributed by atoms with van der Waals surface area (Å²) in [7, 11) is 0. The molecule has 4 nitrogen and oxygen atoms in total. The number of carbonyl (C=O) groups is 1. The number of carbonyl (C=O) groups excluding carboxylic acids is 1. The molecule has 1 saturated heterocycles. The molecule has 31 heavy (non-hydrogen) atoms. The first-order valence-electron chi connectivity index (χ1n) is 10.8. The molecule has 0 spiro atoms. The molecule has 1 N–H and O–H groups in total. The number of nitrogens with one attached hydrogen (secondary N) is 1. The van der Waals surface area contributed by atoms with Crippen LogP contribution in [0.2, 0.25) is 0 Å². The van der Waals surface area contributed by atoms with Gasteiger partial charge >= 0.3 is 0 Å². The van der Waals surface area contributed by atoms with E-state index in [0.29, 0.717) is 11.6 Å². The number of benzene rings is 3. The highest BCUT2D eigenvalue weighted by molar-refractivity contribution is 7.14. The molecule has 0 bridgehead atoms. The smallest absolute Gasteiger partial charge is 0.273 e. The average molecular weight is 428 g/mol. The van der Waals surface area contributed by atoms with Gasteiger partial charge in [-0.3, -0.25) is 4.79 Å². The number of amides is 1. The number of hydrogen-bond donors (Lipinski definition) is 1. The van der Waals surface area contributed by atoms with Gasteiger partial charge in [-0.2, -0.15) is 0 Å². The first-order chi connectivity index (χ1) is 15.3. The SMILES string of the molecule is O=C(c1csc(Nc2cccc3ccccc23)n1)N1CCC(Cc2ccccc2)CC1. The van der Waals surface area contributed by atoms with Crippen LogP contribution in [0.15, 0.2) is 78.2 Å². The van der Waals surface area contributed by atoms with Gasteiger partial charge < -0.3 is 10.2 Å². The summed E-state index contributed by atoms with van der Waals surface area (Å²) >= 11 is 1.48. The predicted octanol–water partition coefficient (Wildman–Crippen LogP) is 6.13. The molecule has 4 aromatic rings. The Hall–Kier alpha value is -3.18. The zero-order chi connectivity index (χ0) is 21.0. The second kappa shape index (κ2) is 8.90. The fourth-order valence-electron chi connectivity index (χ4n) is 4.33. The molecule has 0 atom stereocenters. The first-order valence-corrected chi connectivity index (χ1v) is 11.7. The minimum atomic E-state index is 0.0420. The van der Waals surface area contributed by atoms with E-state index in [1.165, 1.54) is 22.3 Å². The Morgan fingerprint density at radius 1 is 0.968 bits per heavy atom. The molecule has 1 aliphatic heterocycles. The van der Waals surface area contributed by atoms with E-state index in [0.717, 1.165) is 48.6 Å². The molecule has 0 saturated carbocycles. The fourth-order valence-corrected chi connectivity index (χ4v) is 5.03. The van der Waals surface area contributed by atoms with Crippen molar-refractivity contribution in [2.45, 2.75) is 19.3 Å². The van der Waals surface area contributed by atoms with Crippen molar-refractivity contribution >= 4 is 38.8 Å². The second-order valence-electron chi connectivity index (χ2n) is 8.11. The average Bonchev–Trinajstić information content (AvgIpc) is 3.29. The molecule has 1 fully saturated rings. The summed E-state index contributed by atoms with van der Waals surface area (Å²) in [6, 6.07) is 25.1. The van der Waals surface area contributed by atoms with Crippen molar-refractivity contribution in [1.82, 2.24) is 9.88 Å². The highest BCUT2D eigenvalue weighted by Crippen LogP contribution is 2.29. The zero-order valence-electron chi connectivity index (χ0n) is 17.3. The van der Waals surface area contributed by atoms with Crippen molar-refractivity contribution in [2.24, 2.45) is 5.92 Å². The number of aromatic nitrogens is 1. The molecule has 2 heterocycles. The largest absolute Gasteiger partial charge is 0.337 e. The maximum atomic E-state index is 13.0. The molecular formula is C26H25N3OS. The van der Waals surface area contributed by atoms with Gasteiger partial charge in [0.1, 0.15) is 5.69 Å². The zero-order valence-corrected chi connectivity index (χ0v) is 18.1. The fraction of sp³-hybridized carbons (Fsp3) is 0.231. The topological polar surface area (TPSA) is 45.2 Å². The summed E-state index contributed by atoms with van der Waals surface area (Å²) in [4.78, 5) is 19.5. The quantitative estimate of drug-likeness (QED) is 0.416. The molecular weight excluding hydrogens is 402 g/mol. The minimum absolute atomic E-state index is 0.0420. The monoisotopic (exact) mass is 427 g/mol. The predicted molar refractivity (Wildman–Crippen MR) is 128 cm³/mol. The van der Waals surface area contributed by atoms with Crippen LogP contribution in [0.4, 0.5) is 10.8 Å². The van der Waals surface area contributed by atoms with Crippen LogP contribution < -0.4 is 5.32 Å². The minimum Gasteiger partial charge on any atom is -0.337 e. The molecule has 5 heteroatoms. The van der Waals surface area contributed by atoms with Gasteiger partial charge in [0.15, 0.2) is 5.13 Å². The summed E-state index contributed by atoms with van der Waals surface area (Å²) in [6.45, 7) is 1.61. The Labute approximate surface area is 186 Å². The first kappa shape index (κ1) is 19.8. The Morgan fingerprint density at radius 2 is 1.71 bits per heavy atom. The third kappa shape index (κ3) is 4.47. The van der Waals surface area contributed by atoms with E-state index in [1.807, 2.05) is 34.5 Å². The van der Waals surface area contributed by atoms with Gasteiger partial charge in [-0.05, 0) is 42.2 Å². The van der Waals surface area contributed by atoms with Crippen LogP contribution in [-0.4, -0.2) is 28.9 Å². The van der Waals surface area contributed by atoms with Gasteiger partial charge in [-0.1, -0.05) is 66.7 Å². The number of hydrogen-bond acceptors (Lipinski definition) is 4. The lowest BCUT2D eigenvalue weighted by Crippen LogP contribution is -2.39. The van der Waals surface area contributed by atoms with Crippen LogP contribution in [0.3, 0.4) is 0 Å². The van der Waals surface area contributed by atoms with Gasteiger partial charge in [-0.25, -0.2) is 4.98 Å². The van der Waals surface area contributed by atoms with Crippen LogP contribution in [0, 0.1) is 5.92 Å². The number of likely N-dealkylation sites (tertiary alicyclic amines) is 1. The number of fused-ring (bicyclic) bond motifs is 1. The molecule has 0 radical (unpaired) electrons. The van der Waals surface area contributed by atoms with Crippen LogP contribution in [0.1, 0.15) is 28.9 Å². The van der Waals surface area contributed by atoms with E-state index in [1.54, 1.807) is 0 Å². The lowest BCUT2D eigenvalue weighted by molar-refractivity contribution is 0.0685. The molecule has 1 aliphatic rings. The summed E-state index contributed by atoms with van der Waals surface area (Å²) in [5, 5.41) is 8.34. The number of rotatable bonds is 5. The van der Waals surface area contributed by atoms with E-state index < -0.39 is 0 Å². The van der Waals surface area contributed by atoms with Gasteiger partial charge in [0, 0.05) is 29.5 Å². The molecule has 0 unspecified atom stereocenters. The van der Waals surface area contributed by atoms with Crippen molar-refractivity contribution < 1.29 is 4.79 Å². The maximum absolute atomic E-state index is 13.0. The Morgan fingerprint density at radius 3 is 2.55 bits per heavy atom. The van der Waals surface area contributed by atoms with Gasteiger partial charge in [0.25, 0.3) is 5.91 Å². The number of thiazole rings is 1. The van der Waals surface area contributed by atoms with Gasteiger partial charge in [0.05, 0.1) is 0 Å². The highest BCUT2D eigenvalue weighted by Gasteiger charge is 2.25. The molecule has 1 amide bonds. The van der Waals surface area contributed by atoms with E-state index >= 15 is 0 Å². The molecule has 156 valence electrons. The standard InChI is InChI=1S/C26H25N3OS/c30-25(29-15-13-20(14-16-29)17-19-7-2-1-3-8-19)24-18-31-26(28-24)27-23-12-6-10-21-9-4-5-11-22(21)23/h1-12,18,20H,13-17H2,(H,27,28). The summed E-state index contributed by atoms with van der Waals surface area (Å²) in [6.07, 6.45) is 3.19.